The van der Waals surface area contributed by atoms with Gasteiger partial charge in [-0.25, -0.2) is 4.79 Å². The smallest absolute Gasteiger partial charge is 0.364 e. The molecule has 3 aliphatic heterocycles. The second-order valence-electron chi connectivity index (χ2n) is 15.0. The molecule has 0 amide bonds. The fraction of sp³-hybridized carbons (Fsp3) is 0.971. The summed E-state index contributed by atoms with van der Waals surface area (Å²) < 4.78 is 45.7. The fourth-order valence-corrected chi connectivity index (χ4v) is 6.78. The van der Waals surface area contributed by atoms with E-state index in [-0.39, 0.29) is 6.61 Å². The van der Waals surface area contributed by atoms with E-state index in [0.29, 0.717) is 6.42 Å². The Morgan fingerprint density at radius 2 is 1.55 bits per heavy atom. The van der Waals surface area contributed by atoms with E-state index in [1.54, 1.807) is 0 Å². The molecule has 58 heavy (non-hydrogen) atoms. The van der Waals surface area contributed by atoms with E-state index in [1.807, 2.05) is 6.92 Å². The maximum atomic E-state index is 12.6. The van der Waals surface area contributed by atoms with Crippen LogP contribution in [0, 0.1) is 5.92 Å². The minimum absolute atomic E-state index is 0.237. The molecule has 15 N–H and O–H groups in total. The molecule has 0 aromatic rings. The number of aliphatic hydroxyl groups is 12. The molecule has 0 aromatic heterocycles. The van der Waals surface area contributed by atoms with Crippen LogP contribution in [0.3, 0.4) is 0 Å². The molecule has 3 heterocycles. The van der Waals surface area contributed by atoms with Gasteiger partial charge in [-0.2, -0.15) is 0 Å². The van der Waals surface area contributed by atoms with Gasteiger partial charge < -0.3 is 110 Å². The van der Waals surface area contributed by atoms with Gasteiger partial charge in [-0.05, 0) is 13.3 Å². The van der Waals surface area contributed by atoms with Gasteiger partial charge in [0.15, 0.2) is 18.9 Å². The third-order valence-electron chi connectivity index (χ3n) is 10.5. The van der Waals surface area contributed by atoms with E-state index in [4.69, 9.17) is 43.6 Å². The Morgan fingerprint density at radius 3 is 2.14 bits per heavy atom. The summed E-state index contributed by atoms with van der Waals surface area (Å²) in [6.07, 6.45) is -25.1. The van der Waals surface area contributed by atoms with Gasteiger partial charge in [-0.1, -0.05) is 33.1 Å². The number of hydrogen-bond acceptors (Lipinski definition) is 22. The SMILES string of the molecule is CCCCCCO[C@H](OC(CO)[C@H](O)CO[C@@H]1OC(CO[C@]2(C(=O)O)C[C@@H](O)[C@@H](N)C([C@H](O)[C@H](O)CO)O2)[C@@H](O)C(O[C@@H]2OC(CO)[C@H](O)C(O)C2O)[C@@H]1C)[C@H](C)O. The molecule has 0 bridgehead atoms. The van der Waals surface area contributed by atoms with Gasteiger partial charge in [0.1, 0.15) is 73.2 Å². The van der Waals surface area contributed by atoms with Gasteiger partial charge in [0.25, 0.3) is 5.79 Å². The van der Waals surface area contributed by atoms with Crippen molar-refractivity contribution in [3.63, 3.8) is 0 Å². The van der Waals surface area contributed by atoms with Crippen molar-refractivity contribution in [3.8, 4) is 0 Å². The zero-order valence-electron chi connectivity index (χ0n) is 32.8. The van der Waals surface area contributed by atoms with E-state index < -0.39 is 167 Å². The number of aliphatic carboxylic acids is 1. The Morgan fingerprint density at radius 1 is 0.879 bits per heavy atom. The highest BCUT2D eigenvalue weighted by atomic mass is 16.8. The quantitative estimate of drug-likeness (QED) is 0.0317. The predicted octanol–water partition coefficient (Wildman–Crippen LogP) is -6.06. The monoisotopic (exact) mass is 851 g/mol. The molecular weight excluding hydrogens is 786 g/mol. The summed E-state index contributed by atoms with van der Waals surface area (Å²) in [5.41, 5.74) is 5.94. The Balaban J connectivity index is 1.85. The fourth-order valence-electron chi connectivity index (χ4n) is 6.78. The Bertz CT molecular complexity index is 1190. The maximum Gasteiger partial charge on any atom is 0.364 e. The average Bonchev–Trinajstić information content (AvgIpc) is 3.19. The van der Waals surface area contributed by atoms with Crippen molar-refractivity contribution >= 4 is 5.97 Å². The lowest BCUT2D eigenvalue weighted by atomic mass is 9.89. The highest BCUT2D eigenvalue weighted by Gasteiger charge is 2.56. The Hall–Kier alpha value is -1.37. The Kier molecular flexibility index (Phi) is 20.9. The number of nitrogens with two attached hydrogens (primary N) is 1. The molecule has 342 valence electrons. The van der Waals surface area contributed by atoms with Gasteiger partial charge in [0.05, 0.1) is 51.3 Å². The van der Waals surface area contributed by atoms with Gasteiger partial charge in [0, 0.05) is 18.9 Å². The third kappa shape index (κ3) is 12.8. The van der Waals surface area contributed by atoms with Crippen LogP contribution in [-0.4, -0.2) is 228 Å². The standard InChI is InChI=1S/C35H65NO22/c1-4-5-6-7-8-51-32(16(3)40)54-20(11-38)19(43)13-52-31-15(2)29(57-33-28(48)27(47)25(45)21(12-39)55-33)26(46)22(56-31)14-53-35(34(49)50)9-17(41)23(36)30(58-35)24(44)18(42)10-37/h15-33,37-48H,4-14,36H2,1-3H3,(H,49,50)/t15-,16-,17+,18+,19+,20?,21?,22?,23+,24+,25-,26+,27?,28?,29?,30?,31+,32+,33-,35+/m0/s1. The van der Waals surface area contributed by atoms with Crippen molar-refractivity contribution in [2.75, 3.05) is 39.6 Å². The normalized spacial score (nSPS) is 39.1. The topological polar surface area (TPSA) is 380 Å². The van der Waals surface area contributed by atoms with E-state index in [0.717, 1.165) is 19.3 Å². The first-order valence-corrected chi connectivity index (χ1v) is 19.5. The van der Waals surface area contributed by atoms with Crippen molar-refractivity contribution < 1.29 is 109 Å². The molecule has 0 radical (unpaired) electrons. The van der Waals surface area contributed by atoms with Gasteiger partial charge in [-0.15, -0.1) is 0 Å². The van der Waals surface area contributed by atoms with E-state index in [9.17, 15) is 71.2 Å². The summed E-state index contributed by atoms with van der Waals surface area (Å²) in [4.78, 5) is 12.6. The van der Waals surface area contributed by atoms with Crippen LogP contribution in [0.15, 0.2) is 0 Å². The second kappa shape index (κ2) is 23.7. The van der Waals surface area contributed by atoms with Crippen LogP contribution in [-0.2, 0) is 42.7 Å². The van der Waals surface area contributed by atoms with E-state index in [1.165, 1.54) is 13.8 Å². The number of unbranched alkanes of at least 4 members (excludes halogenated alkanes) is 3. The van der Waals surface area contributed by atoms with Gasteiger partial charge in [0.2, 0.25) is 0 Å². The number of aliphatic hydroxyl groups excluding tert-OH is 12. The number of ether oxygens (including phenoxy) is 8. The predicted molar refractivity (Wildman–Crippen MR) is 191 cm³/mol. The largest absolute Gasteiger partial charge is 0.477 e. The average molecular weight is 852 g/mol. The summed E-state index contributed by atoms with van der Waals surface area (Å²) in [5.74, 6) is -5.67. The van der Waals surface area contributed by atoms with Crippen molar-refractivity contribution in [2.24, 2.45) is 11.7 Å². The lowest BCUT2D eigenvalue weighted by Gasteiger charge is -2.48. The third-order valence-corrected chi connectivity index (χ3v) is 10.5. The number of carboxylic acid groups (broad SMARTS) is 1. The zero-order chi connectivity index (χ0) is 43.5. The number of carbonyl (C=O) groups is 1. The molecule has 23 heteroatoms. The van der Waals surface area contributed by atoms with Crippen LogP contribution < -0.4 is 5.73 Å². The van der Waals surface area contributed by atoms with Crippen LogP contribution in [0.1, 0.15) is 52.9 Å². The van der Waals surface area contributed by atoms with Crippen molar-refractivity contribution in [3.05, 3.63) is 0 Å². The van der Waals surface area contributed by atoms with Gasteiger partial charge >= 0.3 is 5.97 Å². The van der Waals surface area contributed by atoms with Crippen LogP contribution in [0.4, 0.5) is 0 Å². The molecule has 3 saturated heterocycles. The summed E-state index contributed by atoms with van der Waals surface area (Å²) in [6, 6.07) is -1.45. The lowest BCUT2D eigenvalue weighted by Crippen LogP contribution is -2.67. The number of hydrogen-bond donors (Lipinski definition) is 14. The summed E-state index contributed by atoms with van der Waals surface area (Å²) in [6.45, 7) is 1.08. The molecule has 0 aliphatic carbocycles. The van der Waals surface area contributed by atoms with Crippen LogP contribution in [0.25, 0.3) is 0 Å². The van der Waals surface area contributed by atoms with E-state index in [2.05, 4.69) is 0 Å². The number of rotatable bonds is 24. The molecule has 0 spiro atoms. The lowest BCUT2D eigenvalue weighted by molar-refractivity contribution is -0.361. The summed E-state index contributed by atoms with van der Waals surface area (Å²) in [7, 11) is 0. The van der Waals surface area contributed by atoms with Crippen molar-refractivity contribution in [1.29, 1.82) is 0 Å². The van der Waals surface area contributed by atoms with Crippen LogP contribution >= 0.6 is 0 Å². The van der Waals surface area contributed by atoms with E-state index >= 15 is 0 Å². The first kappa shape index (κ1) is 51.0. The highest BCUT2D eigenvalue weighted by Crippen LogP contribution is 2.36. The molecule has 20 atom stereocenters. The summed E-state index contributed by atoms with van der Waals surface area (Å²) in [5, 5.41) is 135. The molecule has 3 aliphatic rings. The van der Waals surface area contributed by atoms with Crippen LogP contribution in [0.2, 0.25) is 0 Å². The maximum absolute atomic E-state index is 12.6. The van der Waals surface area contributed by atoms with Crippen LogP contribution in [0.5, 0.6) is 0 Å². The minimum Gasteiger partial charge on any atom is -0.477 e. The van der Waals surface area contributed by atoms with Crippen molar-refractivity contribution in [1.82, 2.24) is 0 Å². The molecule has 0 saturated carbocycles. The molecule has 7 unspecified atom stereocenters. The minimum atomic E-state index is -2.79. The summed E-state index contributed by atoms with van der Waals surface area (Å²) >= 11 is 0. The zero-order valence-corrected chi connectivity index (χ0v) is 32.8. The molecule has 3 fully saturated rings. The molecule has 0 aromatic carbocycles. The second-order valence-corrected chi connectivity index (χ2v) is 15.0. The van der Waals surface area contributed by atoms with Crippen molar-refractivity contribution in [2.45, 2.75) is 169 Å². The molecular formula is C35H65NO22. The van der Waals surface area contributed by atoms with Gasteiger partial charge in [-0.3, -0.25) is 0 Å². The highest BCUT2D eigenvalue weighted by molar-refractivity contribution is 5.76. The first-order valence-electron chi connectivity index (χ1n) is 19.5. The number of carboxylic acids is 1. The first-order chi connectivity index (χ1) is 27.4. The Labute approximate surface area is 335 Å². The molecule has 3 rings (SSSR count). The molecule has 23 nitrogen and oxygen atoms in total.